The van der Waals surface area contributed by atoms with Gasteiger partial charge in [0.05, 0.1) is 0 Å². The van der Waals surface area contributed by atoms with E-state index in [9.17, 15) is 14.4 Å². The van der Waals surface area contributed by atoms with E-state index in [0.29, 0.717) is 19.3 Å². The van der Waals surface area contributed by atoms with Crippen molar-refractivity contribution in [1.29, 1.82) is 0 Å². The minimum atomic E-state index is -0.844. The lowest BCUT2D eigenvalue weighted by atomic mass is 10.1. The van der Waals surface area contributed by atoms with Crippen molar-refractivity contribution in [3.63, 3.8) is 0 Å². The van der Waals surface area contributed by atoms with E-state index in [-0.39, 0.29) is 31.6 Å². The average molecular weight is 1140 g/mol. The first-order chi connectivity index (χ1) is 41.0. The number of esters is 3. The average Bonchev–Trinajstić information content (AvgIpc) is 3.49. The number of allylic oxidation sites excluding steroid dienone is 32. The molecule has 0 aromatic heterocycles. The summed E-state index contributed by atoms with van der Waals surface area (Å²) in [4.78, 5) is 38.3. The van der Waals surface area contributed by atoms with Gasteiger partial charge in [-0.3, -0.25) is 14.4 Å². The van der Waals surface area contributed by atoms with Crippen LogP contribution in [-0.2, 0) is 28.6 Å². The van der Waals surface area contributed by atoms with Crippen molar-refractivity contribution in [2.45, 2.75) is 258 Å². The highest BCUT2D eigenvalue weighted by Crippen LogP contribution is 2.13. The molecule has 0 aromatic carbocycles. The molecule has 0 aliphatic carbocycles. The van der Waals surface area contributed by atoms with E-state index in [1.54, 1.807) is 0 Å². The lowest BCUT2D eigenvalue weighted by molar-refractivity contribution is -0.166. The molecule has 462 valence electrons. The third kappa shape index (κ3) is 66.9. The van der Waals surface area contributed by atoms with Crippen molar-refractivity contribution in [3.8, 4) is 0 Å². The molecule has 0 N–H and O–H groups in total. The summed E-state index contributed by atoms with van der Waals surface area (Å²) in [7, 11) is 0. The Morgan fingerprint density at radius 3 is 0.783 bits per heavy atom. The van der Waals surface area contributed by atoms with Gasteiger partial charge in [-0.15, -0.1) is 0 Å². The van der Waals surface area contributed by atoms with Gasteiger partial charge in [0.25, 0.3) is 0 Å². The van der Waals surface area contributed by atoms with E-state index in [1.807, 2.05) is 12.2 Å². The molecule has 0 aliphatic heterocycles. The lowest BCUT2D eigenvalue weighted by Gasteiger charge is -2.18. The smallest absolute Gasteiger partial charge is 0.306 e. The number of unbranched alkanes of at least 4 members (excludes halogenated alkanes) is 14. The van der Waals surface area contributed by atoms with Crippen molar-refractivity contribution in [1.82, 2.24) is 0 Å². The van der Waals surface area contributed by atoms with Crippen LogP contribution in [0.4, 0.5) is 0 Å². The van der Waals surface area contributed by atoms with Gasteiger partial charge in [-0.05, 0) is 154 Å². The summed E-state index contributed by atoms with van der Waals surface area (Å²) in [6.07, 6.45) is 104. The minimum absolute atomic E-state index is 0.130. The summed E-state index contributed by atoms with van der Waals surface area (Å²) in [5.74, 6) is -1.05. The summed E-state index contributed by atoms with van der Waals surface area (Å²) in [6.45, 7) is 6.29. The fourth-order valence-corrected chi connectivity index (χ4v) is 8.22. The minimum Gasteiger partial charge on any atom is -0.462 e. The zero-order valence-electron chi connectivity index (χ0n) is 52.9. The van der Waals surface area contributed by atoms with Crippen LogP contribution in [-0.4, -0.2) is 37.2 Å². The number of rotatable bonds is 57. The molecule has 1 unspecified atom stereocenters. The summed E-state index contributed by atoms with van der Waals surface area (Å²) >= 11 is 0. The molecule has 6 nitrogen and oxygen atoms in total. The molecule has 0 aliphatic rings. The molecular formula is C77H118O6. The lowest BCUT2D eigenvalue weighted by Crippen LogP contribution is -2.30. The van der Waals surface area contributed by atoms with Gasteiger partial charge in [0.1, 0.15) is 13.2 Å². The summed E-state index contributed by atoms with van der Waals surface area (Å²) in [5, 5.41) is 0. The van der Waals surface area contributed by atoms with E-state index in [4.69, 9.17) is 14.2 Å². The van der Waals surface area contributed by atoms with E-state index in [2.05, 4.69) is 203 Å². The molecule has 0 radical (unpaired) electrons. The molecule has 0 spiro atoms. The monoisotopic (exact) mass is 1140 g/mol. The first-order valence-corrected chi connectivity index (χ1v) is 32.9. The molecule has 0 heterocycles. The van der Waals surface area contributed by atoms with E-state index in [0.717, 1.165) is 167 Å². The summed E-state index contributed by atoms with van der Waals surface area (Å²) < 4.78 is 16.8. The second-order valence-electron chi connectivity index (χ2n) is 20.9. The molecular weight excluding hydrogens is 1020 g/mol. The first kappa shape index (κ1) is 77.2. The van der Waals surface area contributed by atoms with Crippen molar-refractivity contribution >= 4 is 17.9 Å². The standard InChI is InChI=1S/C77H118O6/c1-4-7-10-13-16-19-22-25-28-30-32-33-34-35-36-37-38-39-40-41-42-43-45-46-49-52-55-58-61-64-67-70-76(79)82-73-74(72-81-75(78)69-66-63-60-57-54-51-48-27-24-21-18-15-12-9-6-3)83-77(80)71-68-65-62-59-56-53-50-47-44-31-29-26-23-20-17-14-11-8-5-2/h7-8,10-11,16-21,25-29,32-33,35-36,38-39,41-42,44-48,53,56,62,65,74H,4-6,9,12-15,22-24,30-31,34,37,40,43,49-52,54-55,57-61,63-64,66-73H2,1-3H3/b10-7-,11-8-,19-16-,20-17-,21-18-,28-25-,29-26-,33-32-,36-35-,39-38-,42-41-,46-45-,47-44-,48-27-,56-53-,65-62-. The molecule has 0 saturated heterocycles. The number of ether oxygens (including phenoxy) is 3. The molecule has 0 aromatic rings. The van der Waals surface area contributed by atoms with Crippen molar-refractivity contribution in [2.75, 3.05) is 13.2 Å². The van der Waals surface area contributed by atoms with Crippen LogP contribution < -0.4 is 0 Å². The highest BCUT2D eigenvalue weighted by atomic mass is 16.6. The maximum absolute atomic E-state index is 12.9. The van der Waals surface area contributed by atoms with Gasteiger partial charge in [-0.1, -0.05) is 273 Å². The zero-order valence-corrected chi connectivity index (χ0v) is 52.9. The Morgan fingerprint density at radius 1 is 0.253 bits per heavy atom. The maximum atomic E-state index is 12.9. The third-order valence-corrected chi connectivity index (χ3v) is 13.1. The summed E-state index contributed by atoms with van der Waals surface area (Å²) in [6, 6.07) is 0. The van der Waals surface area contributed by atoms with Crippen LogP contribution in [0.15, 0.2) is 194 Å². The Balaban J connectivity index is 4.50. The van der Waals surface area contributed by atoms with Gasteiger partial charge in [-0.25, -0.2) is 0 Å². The van der Waals surface area contributed by atoms with Crippen LogP contribution in [0, 0.1) is 0 Å². The van der Waals surface area contributed by atoms with Crippen molar-refractivity contribution < 1.29 is 28.6 Å². The van der Waals surface area contributed by atoms with E-state index < -0.39 is 12.1 Å². The molecule has 0 rings (SSSR count). The van der Waals surface area contributed by atoms with Gasteiger partial charge in [0, 0.05) is 19.3 Å². The van der Waals surface area contributed by atoms with Crippen molar-refractivity contribution in [2.24, 2.45) is 0 Å². The Morgan fingerprint density at radius 2 is 0.494 bits per heavy atom. The van der Waals surface area contributed by atoms with Gasteiger partial charge in [0.15, 0.2) is 6.10 Å². The van der Waals surface area contributed by atoms with Gasteiger partial charge >= 0.3 is 17.9 Å². The predicted molar refractivity (Wildman–Crippen MR) is 361 cm³/mol. The van der Waals surface area contributed by atoms with Gasteiger partial charge < -0.3 is 14.2 Å². The molecule has 6 heteroatoms. The van der Waals surface area contributed by atoms with Crippen LogP contribution in [0.25, 0.3) is 0 Å². The quantitative estimate of drug-likeness (QED) is 0.0261. The fourth-order valence-electron chi connectivity index (χ4n) is 8.22. The second kappa shape index (κ2) is 68.7. The second-order valence-corrected chi connectivity index (χ2v) is 20.9. The highest BCUT2D eigenvalue weighted by Gasteiger charge is 2.19. The van der Waals surface area contributed by atoms with E-state index >= 15 is 0 Å². The predicted octanol–water partition coefficient (Wildman–Crippen LogP) is 23.0. The van der Waals surface area contributed by atoms with Crippen LogP contribution in [0.3, 0.4) is 0 Å². The fraction of sp³-hybridized carbons (Fsp3) is 0.545. The number of carbonyl (C=O) groups excluding carboxylic acids is 3. The molecule has 1 atom stereocenters. The first-order valence-electron chi connectivity index (χ1n) is 32.9. The topological polar surface area (TPSA) is 78.9 Å². The number of carbonyl (C=O) groups is 3. The van der Waals surface area contributed by atoms with Crippen LogP contribution in [0.1, 0.15) is 252 Å². The molecule has 0 amide bonds. The SMILES string of the molecule is CC/C=C\C/C=C\C/C=C\C/C=C\C/C=C\C/C=C\C/C=C\C/C=C\CCCCCCCCC(=O)OCC(COC(=O)CCCCCCC/C=C\C/C=C\CCCCC)OC(=O)CC/C=C\C/C=C\C/C=C\C/C=C\C/C=C\C/C=C\CC. The maximum Gasteiger partial charge on any atom is 0.306 e. The Bertz CT molecular complexity index is 1990. The van der Waals surface area contributed by atoms with Crippen LogP contribution >= 0.6 is 0 Å². The Kier molecular flexibility index (Phi) is 64.0. The van der Waals surface area contributed by atoms with E-state index in [1.165, 1.54) is 38.5 Å². The highest BCUT2D eigenvalue weighted by molar-refractivity contribution is 5.71. The van der Waals surface area contributed by atoms with Gasteiger partial charge in [-0.2, -0.15) is 0 Å². The number of hydrogen-bond donors (Lipinski definition) is 0. The molecule has 83 heavy (non-hydrogen) atoms. The van der Waals surface area contributed by atoms with Crippen LogP contribution in [0.2, 0.25) is 0 Å². The normalized spacial score (nSPS) is 13.4. The number of hydrogen-bond acceptors (Lipinski definition) is 6. The van der Waals surface area contributed by atoms with Crippen molar-refractivity contribution in [3.05, 3.63) is 194 Å². The zero-order chi connectivity index (χ0) is 59.9. The Labute approximate surface area is 509 Å². The third-order valence-electron chi connectivity index (χ3n) is 13.1. The largest absolute Gasteiger partial charge is 0.462 e. The Hall–Kier alpha value is -5.75. The summed E-state index contributed by atoms with van der Waals surface area (Å²) in [5.41, 5.74) is 0. The van der Waals surface area contributed by atoms with Crippen LogP contribution in [0.5, 0.6) is 0 Å². The molecule has 0 bridgehead atoms. The van der Waals surface area contributed by atoms with Gasteiger partial charge in [0.2, 0.25) is 0 Å². The molecule has 0 saturated carbocycles. The molecule has 0 fully saturated rings.